The van der Waals surface area contributed by atoms with E-state index in [0.29, 0.717) is 6.54 Å². The third-order valence-electron chi connectivity index (χ3n) is 2.14. The number of aryl methyl sites for hydroxylation is 1. The van der Waals surface area contributed by atoms with E-state index in [4.69, 9.17) is 10.7 Å². The molecule has 1 aromatic heterocycles. The van der Waals surface area contributed by atoms with Gasteiger partial charge in [0.25, 0.3) is 9.05 Å². The van der Waals surface area contributed by atoms with Crippen molar-refractivity contribution in [1.82, 2.24) is 9.78 Å². The summed E-state index contributed by atoms with van der Waals surface area (Å²) in [5, 5.41) is 14.2. The molecule has 0 atom stereocenters. The van der Waals surface area contributed by atoms with Crippen molar-refractivity contribution in [2.75, 3.05) is 0 Å². The van der Waals surface area contributed by atoms with Crippen LogP contribution in [0.1, 0.15) is 26.2 Å². The predicted molar refractivity (Wildman–Crippen MR) is 61.4 cm³/mol. The summed E-state index contributed by atoms with van der Waals surface area (Å²) in [6.45, 7) is 2.45. The van der Waals surface area contributed by atoms with Gasteiger partial charge < -0.3 is 10.1 Å². The van der Waals surface area contributed by atoms with Gasteiger partial charge in [0.2, 0.25) is 4.90 Å². The number of aromatic nitrogens is 2. The Hall–Kier alpha value is -1.15. The summed E-state index contributed by atoms with van der Waals surface area (Å²) < 4.78 is 23.5. The monoisotopic (exact) mass is 281 g/mol. The highest BCUT2D eigenvalue weighted by atomic mass is 35.7. The van der Waals surface area contributed by atoms with Gasteiger partial charge in [-0.1, -0.05) is 19.8 Å². The first kappa shape index (κ1) is 13.9. The van der Waals surface area contributed by atoms with E-state index < -0.39 is 24.7 Å². The quantitative estimate of drug-likeness (QED) is 0.343. The Labute approximate surface area is 103 Å². The number of unbranched alkanes of at least 4 members (excludes halogenated alkanes) is 2. The van der Waals surface area contributed by atoms with Crippen LogP contribution in [0.15, 0.2) is 11.1 Å². The number of hydrogen-bond donors (Lipinski definition) is 0. The van der Waals surface area contributed by atoms with Gasteiger partial charge in [-0.15, -0.1) is 0 Å². The minimum absolute atomic E-state index is 0.432. The van der Waals surface area contributed by atoms with E-state index in [-0.39, 0.29) is 0 Å². The van der Waals surface area contributed by atoms with Crippen LogP contribution in [0.5, 0.6) is 0 Å². The van der Waals surface area contributed by atoms with Crippen LogP contribution in [-0.2, 0) is 15.6 Å². The first-order valence-corrected chi connectivity index (χ1v) is 7.33. The van der Waals surface area contributed by atoms with Gasteiger partial charge in [0.1, 0.15) is 0 Å². The molecule has 0 bridgehead atoms. The highest BCUT2D eigenvalue weighted by Crippen LogP contribution is 2.25. The number of hydrogen-bond acceptors (Lipinski definition) is 5. The molecule has 7 nitrogen and oxygen atoms in total. The zero-order valence-corrected chi connectivity index (χ0v) is 10.7. The fraction of sp³-hybridized carbons (Fsp3) is 0.625. The fourth-order valence-electron chi connectivity index (χ4n) is 1.33. The molecular weight excluding hydrogens is 270 g/mol. The zero-order valence-electron chi connectivity index (χ0n) is 9.17. The maximum Gasteiger partial charge on any atom is 0.410 e. The third kappa shape index (κ3) is 3.67. The third-order valence-corrected chi connectivity index (χ3v) is 3.45. The number of nitro groups is 1. The fourth-order valence-corrected chi connectivity index (χ4v) is 2.24. The predicted octanol–water partition coefficient (Wildman–Crippen LogP) is 1.91. The van der Waals surface area contributed by atoms with Crippen molar-refractivity contribution in [3.8, 4) is 0 Å². The van der Waals surface area contributed by atoms with E-state index in [1.807, 2.05) is 6.92 Å². The lowest BCUT2D eigenvalue weighted by atomic mass is 10.2. The topological polar surface area (TPSA) is 95.1 Å². The van der Waals surface area contributed by atoms with E-state index in [2.05, 4.69) is 5.10 Å². The molecular formula is C8H12ClN3O4S. The molecule has 0 unspecified atom stereocenters. The second kappa shape index (κ2) is 5.46. The van der Waals surface area contributed by atoms with Gasteiger partial charge in [0.15, 0.2) is 0 Å². The van der Waals surface area contributed by atoms with Gasteiger partial charge in [-0.2, -0.15) is 4.68 Å². The maximum absolute atomic E-state index is 11.1. The lowest BCUT2D eigenvalue weighted by Crippen LogP contribution is -1.99. The smallest absolute Gasteiger partial charge is 0.358 e. The normalized spacial score (nSPS) is 11.6. The summed E-state index contributed by atoms with van der Waals surface area (Å²) in [4.78, 5) is 9.21. The Balaban J connectivity index is 3.01. The van der Waals surface area contributed by atoms with Crippen LogP contribution in [0, 0.1) is 10.1 Å². The summed E-state index contributed by atoms with van der Waals surface area (Å²) in [7, 11) is 0.956. The van der Waals surface area contributed by atoms with Gasteiger partial charge in [-0.3, -0.25) is 0 Å². The Morgan fingerprint density at radius 2 is 2.18 bits per heavy atom. The Morgan fingerprint density at radius 1 is 1.53 bits per heavy atom. The van der Waals surface area contributed by atoms with Gasteiger partial charge in [-0.05, 0) is 11.3 Å². The molecule has 1 aromatic rings. The van der Waals surface area contributed by atoms with Crippen molar-refractivity contribution in [2.45, 2.75) is 37.6 Å². The molecule has 0 saturated heterocycles. The molecule has 0 aromatic carbocycles. The molecule has 9 heteroatoms. The summed E-state index contributed by atoms with van der Waals surface area (Å²) in [5.74, 6) is -0.725. The van der Waals surface area contributed by atoms with E-state index in [0.717, 1.165) is 25.5 Å². The first-order valence-electron chi connectivity index (χ1n) is 5.02. The molecule has 96 valence electrons. The van der Waals surface area contributed by atoms with E-state index in [1.165, 1.54) is 4.68 Å². The average Bonchev–Trinajstić information content (AvgIpc) is 2.62. The van der Waals surface area contributed by atoms with Crippen LogP contribution in [0.2, 0.25) is 0 Å². The van der Waals surface area contributed by atoms with Crippen LogP contribution in [0.4, 0.5) is 5.82 Å². The molecule has 1 heterocycles. The highest BCUT2D eigenvalue weighted by molar-refractivity contribution is 8.13. The molecule has 0 N–H and O–H groups in total. The minimum atomic E-state index is -4.14. The van der Waals surface area contributed by atoms with Crippen molar-refractivity contribution in [3.05, 3.63) is 16.3 Å². The summed E-state index contributed by atoms with van der Waals surface area (Å²) in [6, 6.07) is 0. The minimum Gasteiger partial charge on any atom is -0.358 e. The molecule has 0 fully saturated rings. The lowest BCUT2D eigenvalue weighted by molar-refractivity contribution is -0.392. The molecule has 0 radical (unpaired) electrons. The van der Waals surface area contributed by atoms with Crippen molar-refractivity contribution in [2.24, 2.45) is 0 Å². The second-order valence-corrected chi connectivity index (χ2v) is 6.02. The maximum atomic E-state index is 11.1. The molecule has 0 aliphatic heterocycles. The van der Waals surface area contributed by atoms with Gasteiger partial charge in [0, 0.05) is 10.7 Å². The van der Waals surface area contributed by atoms with Crippen LogP contribution in [0.25, 0.3) is 0 Å². The SMILES string of the molecule is CCCCCn1cc(S(=O)(=O)Cl)c([N+](=O)[O-])n1. The molecule has 1 rings (SSSR count). The number of rotatable bonds is 6. The van der Waals surface area contributed by atoms with Crippen molar-refractivity contribution in [1.29, 1.82) is 0 Å². The largest absolute Gasteiger partial charge is 0.410 e. The standard InChI is InChI=1S/C8H12ClN3O4S/c1-2-3-4-5-11-6-7(17(9,15)16)8(10-11)12(13)14/h6H,2-5H2,1H3. The van der Waals surface area contributed by atoms with Gasteiger partial charge in [0.05, 0.1) is 17.8 Å². The zero-order chi connectivity index (χ0) is 13.1. The van der Waals surface area contributed by atoms with Crippen LogP contribution in [0.3, 0.4) is 0 Å². The highest BCUT2D eigenvalue weighted by Gasteiger charge is 2.29. The van der Waals surface area contributed by atoms with E-state index >= 15 is 0 Å². The molecule has 0 spiro atoms. The van der Waals surface area contributed by atoms with Crippen LogP contribution in [-0.4, -0.2) is 23.1 Å². The van der Waals surface area contributed by atoms with Crippen molar-refractivity contribution in [3.63, 3.8) is 0 Å². The van der Waals surface area contributed by atoms with E-state index in [9.17, 15) is 18.5 Å². The molecule has 0 aliphatic rings. The lowest BCUT2D eigenvalue weighted by Gasteiger charge is -1.94. The van der Waals surface area contributed by atoms with E-state index in [1.54, 1.807) is 0 Å². The molecule has 0 saturated carbocycles. The summed E-state index contributed by atoms with van der Waals surface area (Å²) >= 11 is 0. The molecule has 17 heavy (non-hydrogen) atoms. The summed E-state index contributed by atoms with van der Waals surface area (Å²) in [6.07, 6.45) is 3.80. The first-order chi connectivity index (χ1) is 7.86. The Bertz CT molecular complexity index is 511. The van der Waals surface area contributed by atoms with Crippen LogP contribution >= 0.6 is 10.7 Å². The number of halogens is 1. The Morgan fingerprint density at radius 3 is 2.59 bits per heavy atom. The number of nitrogens with zero attached hydrogens (tertiary/aromatic N) is 3. The molecule has 0 amide bonds. The van der Waals surface area contributed by atoms with Gasteiger partial charge in [-0.25, -0.2) is 8.42 Å². The summed E-state index contributed by atoms with van der Waals surface area (Å²) in [5.41, 5.74) is 0. The van der Waals surface area contributed by atoms with Crippen molar-refractivity contribution < 1.29 is 13.3 Å². The second-order valence-electron chi connectivity index (χ2n) is 3.48. The Kier molecular flexibility index (Phi) is 4.47. The van der Waals surface area contributed by atoms with Crippen molar-refractivity contribution >= 4 is 25.6 Å². The molecule has 0 aliphatic carbocycles. The van der Waals surface area contributed by atoms with Crippen LogP contribution < -0.4 is 0 Å². The average molecular weight is 282 g/mol. The van der Waals surface area contributed by atoms with Gasteiger partial charge >= 0.3 is 5.82 Å².